The summed E-state index contributed by atoms with van der Waals surface area (Å²) >= 11 is 0. The summed E-state index contributed by atoms with van der Waals surface area (Å²) in [4.78, 5) is 13.6. The third-order valence-electron chi connectivity index (χ3n) is 3.81. The highest BCUT2D eigenvalue weighted by Crippen LogP contribution is 2.12. The Bertz CT molecular complexity index is 607. The summed E-state index contributed by atoms with van der Waals surface area (Å²) in [5.41, 5.74) is 2.31. The molecule has 2 aromatic heterocycles. The van der Waals surface area contributed by atoms with Crippen LogP contribution in [0.1, 0.15) is 25.3 Å². The fraction of sp³-hybridized carbons (Fsp3) is 0.467. The third-order valence-corrected chi connectivity index (χ3v) is 3.81. The van der Waals surface area contributed by atoms with Crippen molar-refractivity contribution in [2.24, 2.45) is 0 Å². The summed E-state index contributed by atoms with van der Waals surface area (Å²) < 4.78 is 1.88. The van der Waals surface area contributed by atoms with Gasteiger partial charge in [-0.2, -0.15) is 5.10 Å². The van der Waals surface area contributed by atoms with Crippen molar-refractivity contribution in [1.29, 1.82) is 0 Å². The molecule has 3 heterocycles. The van der Waals surface area contributed by atoms with E-state index in [1.54, 1.807) is 0 Å². The maximum atomic E-state index is 11.6. The lowest BCUT2D eigenvalue weighted by atomic mass is 10.2. The SMILES string of the molecule is CC(CN1CCCC1=O)NCc1cnn2ccccc12. The largest absolute Gasteiger partial charge is 0.341 e. The number of nitrogens with one attached hydrogen (secondary N) is 1. The van der Waals surface area contributed by atoms with E-state index in [0.29, 0.717) is 6.42 Å². The Hall–Kier alpha value is -1.88. The predicted octanol–water partition coefficient (Wildman–Crippen LogP) is 1.43. The molecule has 0 aromatic carbocycles. The van der Waals surface area contributed by atoms with E-state index in [4.69, 9.17) is 0 Å². The number of carbonyl (C=O) groups excluding carboxylic acids is 1. The van der Waals surface area contributed by atoms with Gasteiger partial charge in [-0.05, 0) is 25.5 Å². The summed E-state index contributed by atoms with van der Waals surface area (Å²) in [6.07, 6.45) is 5.56. The Morgan fingerprint density at radius 2 is 2.35 bits per heavy atom. The van der Waals surface area contributed by atoms with Crippen molar-refractivity contribution >= 4 is 11.4 Å². The van der Waals surface area contributed by atoms with Crippen LogP contribution in [0, 0.1) is 0 Å². The van der Waals surface area contributed by atoms with E-state index in [1.807, 2.05) is 33.9 Å². The summed E-state index contributed by atoms with van der Waals surface area (Å²) in [6, 6.07) is 6.35. The molecule has 0 radical (unpaired) electrons. The number of hydrogen-bond donors (Lipinski definition) is 1. The van der Waals surface area contributed by atoms with Crippen LogP contribution in [0.4, 0.5) is 0 Å². The Labute approximate surface area is 118 Å². The van der Waals surface area contributed by atoms with Gasteiger partial charge in [0.1, 0.15) is 0 Å². The van der Waals surface area contributed by atoms with Gasteiger partial charge in [-0.3, -0.25) is 4.79 Å². The second-order valence-electron chi connectivity index (χ2n) is 5.43. The second-order valence-corrected chi connectivity index (χ2v) is 5.43. The Kier molecular flexibility index (Phi) is 3.69. The molecular weight excluding hydrogens is 252 g/mol. The molecule has 0 bridgehead atoms. The van der Waals surface area contributed by atoms with Crippen molar-refractivity contribution in [2.45, 2.75) is 32.4 Å². The first kappa shape index (κ1) is 13.1. The molecule has 0 aliphatic carbocycles. The minimum absolute atomic E-state index is 0.287. The molecule has 1 aliphatic heterocycles. The summed E-state index contributed by atoms with van der Waals surface area (Å²) in [6.45, 7) is 4.59. The molecule has 1 amide bonds. The number of amides is 1. The van der Waals surface area contributed by atoms with E-state index in [1.165, 1.54) is 5.56 Å². The van der Waals surface area contributed by atoms with Crippen LogP contribution in [0.25, 0.3) is 5.52 Å². The van der Waals surface area contributed by atoms with Crippen LogP contribution >= 0.6 is 0 Å². The quantitative estimate of drug-likeness (QED) is 0.896. The van der Waals surface area contributed by atoms with E-state index < -0.39 is 0 Å². The highest BCUT2D eigenvalue weighted by molar-refractivity contribution is 5.78. The zero-order valence-corrected chi connectivity index (χ0v) is 11.7. The standard InChI is InChI=1S/C15H20N4O/c1-12(11-18-7-4-6-15(18)20)16-9-13-10-17-19-8-3-2-5-14(13)19/h2-3,5,8,10,12,16H,4,6-7,9,11H2,1H3. The molecule has 106 valence electrons. The van der Waals surface area contributed by atoms with Crippen molar-refractivity contribution in [3.05, 3.63) is 36.2 Å². The van der Waals surface area contributed by atoms with E-state index in [-0.39, 0.29) is 11.9 Å². The minimum atomic E-state index is 0.287. The molecule has 20 heavy (non-hydrogen) atoms. The van der Waals surface area contributed by atoms with Crippen molar-refractivity contribution in [3.8, 4) is 0 Å². The molecule has 1 N–H and O–H groups in total. The van der Waals surface area contributed by atoms with Crippen LogP contribution in [0.3, 0.4) is 0 Å². The number of fused-ring (bicyclic) bond motifs is 1. The summed E-state index contributed by atoms with van der Waals surface area (Å²) in [7, 11) is 0. The van der Waals surface area contributed by atoms with Crippen LogP contribution in [0.5, 0.6) is 0 Å². The number of carbonyl (C=O) groups is 1. The number of pyridine rings is 1. The number of rotatable bonds is 5. The highest BCUT2D eigenvalue weighted by atomic mass is 16.2. The van der Waals surface area contributed by atoms with Gasteiger partial charge in [-0.25, -0.2) is 4.52 Å². The van der Waals surface area contributed by atoms with Gasteiger partial charge in [0.2, 0.25) is 5.91 Å². The second kappa shape index (κ2) is 5.63. The molecular formula is C15H20N4O. The Balaban J connectivity index is 1.57. The molecule has 1 unspecified atom stereocenters. The van der Waals surface area contributed by atoms with Gasteiger partial charge in [0, 0.05) is 43.9 Å². The van der Waals surface area contributed by atoms with Crippen LogP contribution in [-0.2, 0) is 11.3 Å². The van der Waals surface area contributed by atoms with E-state index in [9.17, 15) is 4.79 Å². The topological polar surface area (TPSA) is 49.6 Å². The van der Waals surface area contributed by atoms with Gasteiger partial charge < -0.3 is 10.2 Å². The van der Waals surface area contributed by atoms with Crippen molar-refractivity contribution in [1.82, 2.24) is 19.8 Å². The molecule has 1 fully saturated rings. The van der Waals surface area contributed by atoms with Crippen LogP contribution in [0.2, 0.25) is 0 Å². The molecule has 3 rings (SSSR count). The van der Waals surface area contributed by atoms with Gasteiger partial charge in [0.25, 0.3) is 0 Å². The van der Waals surface area contributed by atoms with Crippen LogP contribution < -0.4 is 5.32 Å². The maximum absolute atomic E-state index is 11.6. The van der Waals surface area contributed by atoms with Crippen LogP contribution in [-0.4, -0.2) is 39.6 Å². The zero-order valence-electron chi connectivity index (χ0n) is 11.7. The predicted molar refractivity (Wildman–Crippen MR) is 77.3 cm³/mol. The van der Waals surface area contributed by atoms with Gasteiger partial charge in [-0.1, -0.05) is 6.07 Å². The lowest BCUT2D eigenvalue weighted by Crippen LogP contribution is -2.39. The molecule has 5 heteroatoms. The monoisotopic (exact) mass is 272 g/mol. The Morgan fingerprint density at radius 1 is 1.45 bits per heavy atom. The molecule has 1 saturated heterocycles. The average molecular weight is 272 g/mol. The number of hydrogen-bond acceptors (Lipinski definition) is 3. The number of likely N-dealkylation sites (tertiary alicyclic amines) is 1. The summed E-state index contributed by atoms with van der Waals surface area (Å²) in [5.74, 6) is 0.287. The third kappa shape index (κ3) is 2.67. The lowest BCUT2D eigenvalue weighted by molar-refractivity contribution is -0.127. The first-order valence-corrected chi connectivity index (χ1v) is 7.16. The maximum Gasteiger partial charge on any atom is 0.222 e. The van der Waals surface area contributed by atoms with Gasteiger partial charge in [0.15, 0.2) is 0 Å². The lowest BCUT2D eigenvalue weighted by Gasteiger charge is -2.21. The van der Waals surface area contributed by atoms with Gasteiger partial charge in [0.05, 0.1) is 11.7 Å². The summed E-state index contributed by atoms with van der Waals surface area (Å²) in [5, 5.41) is 7.80. The first-order valence-electron chi connectivity index (χ1n) is 7.16. The number of aromatic nitrogens is 2. The molecule has 0 saturated carbocycles. The zero-order chi connectivity index (χ0) is 13.9. The molecule has 5 nitrogen and oxygen atoms in total. The van der Waals surface area contributed by atoms with E-state index in [2.05, 4.69) is 23.4 Å². The fourth-order valence-electron chi connectivity index (χ4n) is 2.70. The first-order chi connectivity index (χ1) is 9.74. The van der Waals surface area contributed by atoms with Gasteiger partial charge >= 0.3 is 0 Å². The normalized spacial score (nSPS) is 17.1. The molecule has 1 atom stereocenters. The average Bonchev–Trinajstić information content (AvgIpc) is 3.04. The highest BCUT2D eigenvalue weighted by Gasteiger charge is 2.21. The fourth-order valence-corrected chi connectivity index (χ4v) is 2.70. The molecule has 1 aliphatic rings. The molecule has 2 aromatic rings. The minimum Gasteiger partial charge on any atom is -0.341 e. The van der Waals surface area contributed by atoms with Crippen molar-refractivity contribution in [3.63, 3.8) is 0 Å². The van der Waals surface area contributed by atoms with E-state index in [0.717, 1.165) is 31.6 Å². The van der Waals surface area contributed by atoms with Crippen molar-refractivity contribution in [2.75, 3.05) is 13.1 Å². The van der Waals surface area contributed by atoms with Crippen LogP contribution in [0.15, 0.2) is 30.6 Å². The van der Waals surface area contributed by atoms with E-state index >= 15 is 0 Å². The van der Waals surface area contributed by atoms with Crippen molar-refractivity contribution < 1.29 is 4.79 Å². The van der Waals surface area contributed by atoms with Gasteiger partial charge in [-0.15, -0.1) is 0 Å². The number of nitrogens with zero attached hydrogens (tertiary/aromatic N) is 3. The molecule has 0 spiro atoms. The Morgan fingerprint density at radius 3 is 3.15 bits per heavy atom. The smallest absolute Gasteiger partial charge is 0.222 e.